The largest absolute Gasteiger partial charge is 0.390 e. The van der Waals surface area contributed by atoms with Crippen molar-refractivity contribution in [3.8, 4) is 0 Å². The van der Waals surface area contributed by atoms with Crippen molar-refractivity contribution >= 4 is 11.8 Å². The molecule has 1 aromatic carbocycles. The Morgan fingerprint density at radius 3 is 2.79 bits per heavy atom. The second kappa shape index (κ2) is 8.16. The van der Waals surface area contributed by atoms with Crippen LogP contribution in [0.15, 0.2) is 42.6 Å². The third-order valence-corrected chi connectivity index (χ3v) is 5.60. The Morgan fingerprint density at radius 2 is 1.96 bits per heavy atom. The Balaban J connectivity index is 1.38. The van der Waals surface area contributed by atoms with Gasteiger partial charge in [0.25, 0.3) is 0 Å². The predicted molar refractivity (Wildman–Crippen MR) is 108 cm³/mol. The molecule has 1 aliphatic heterocycles. The maximum Gasteiger partial charge on any atom is 0.315 e. The van der Waals surface area contributed by atoms with Crippen LogP contribution in [-0.2, 0) is 13.0 Å². The third kappa shape index (κ3) is 3.95. The minimum absolute atomic E-state index is 0.283. The first kappa shape index (κ1) is 18.7. The summed E-state index contributed by atoms with van der Waals surface area (Å²) in [4.78, 5) is 21.6. The predicted octanol–water partition coefficient (Wildman–Crippen LogP) is 1.29. The van der Waals surface area contributed by atoms with Crippen molar-refractivity contribution in [3.63, 3.8) is 0 Å². The van der Waals surface area contributed by atoms with Crippen LogP contribution < -0.4 is 15.5 Å². The number of carbonyl (C=O) groups is 1. The first-order valence-corrected chi connectivity index (χ1v) is 9.79. The van der Waals surface area contributed by atoms with Crippen LogP contribution in [0.4, 0.5) is 10.6 Å². The van der Waals surface area contributed by atoms with E-state index < -0.39 is 6.10 Å². The fourth-order valence-electron chi connectivity index (χ4n) is 3.99. The number of benzene rings is 1. The Kier molecular flexibility index (Phi) is 5.45. The smallest absolute Gasteiger partial charge is 0.315 e. The van der Waals surface area contributed by atoms with E-state index in [9.17, 15) is 9.90 Å². The van der Waals surface area contributed by atoms with Crippen LogP contribution >= 0.6 is 0 Å². The molecule has 1 saturated heterocycles. The lowest BCUT2D eigenvalue weighted by Crippen LogP contribution is -2.45. The molecule has 0 unspecified atom stereocenters. The molecule has 1 aromatic heterocycles. The molecule has 7 heteroatoms. The molecule has 4 rings (SSSR count). The van der Waals surface area contributed by atoms with Gasteiger partial charge in [-0.3, -0.25) is 0 Å². The number of aliphatic hydroxyl groups excluding tert-OH is 1. The number of rotatable bonds is 4. The number of carbonyl (C=O) groups excluding carboxylic acids is 1. The number of aromatic nitrogens is 1. The number of anilines is 1. The molecule has 1 fully saturated rings. The first-order valence-electron chi connectivity index (χ1n) is 9.79. The highest BCUT2D eigenvalue weighted by atomic mass is 16.3. The molecular weight excluding hydrogens is 354 g/mol. The van der Waals surface area contributed by atoms with E-state index in [-0.39, 0.29) is 12.1 Å². The SMILES string of the molecule is CN1CCN(c2ncccc2CNC(=O)N[C@H]2c3ccccc3C[C@H]2O)CC1. The molecular formula is C21H27N5O2. The molecule has 1 aliphatic carbocycles. The van der Waals surface area contributed by atoms with Crippen molar-refractivity contribution in [2.24, 2.45) is 0 Å². The second-order valence-electron chi connectivity index (χ2n) is 7.55. The monoisotopic (exact) mass is 381 g/mol. The minimum Gasteiger partial charge on any atom is -0.390 e. The molecule has 28 heavy (non-hydrogen) atoms. The number of likely N-dealkylation sites (N-methyl/N-ethyl adjacent to an activating group) is 1. The van der Waals surface area contributed by atoms with E-state index in [1.54, 1.807) is 6.20 Å². The summed E-state index contributed by atoms with van der Waals surface area (Å²) in [5.41, 5.74) is 3.07. The number of fused-ring (bicyclic) bond motifs is 1. The van der Waals surface area contributed by atoms with Gasteiger partial charge in [-0.05, 0) is 24.2 Å². The summed E-state index contributed by atoms with van der Waals surface area (Å²) in [6.07, 6.45) is 1.77. The van der Waals surface area contributed by atoms with Gasteiger partial charge in [-0.25, -0.2) is 9.78 Å². The number of pyridine rings is 1. The van der Waals surface area contributed by atoms with Crippen LogP contribution in [0, 0.1) is 0 Å². The third-order valence-electron chi connectivity index (χ3n) is 5.60. The van der Waals surface area contributed by atoms with Gasteiger partial charge in [-0.15, -0.1) is 0 Å². The van der Waals surface area contributed by atoms with Gasteiger partial charge in [0.05, 0.1) is 12.1 Å². The maximum absolute atomic E-state index is 12.5. The van der Waals surface area contributed by atoms with Gasteiger partial charge in [-0.2, -0.15) is 0 Å². The molecule has 0 bridgehead atoms. The molecule has 148 valence electrons. The molecule has 0 spiro atoms. The Bertz CT molecular complexity index is 835. The average Bonchev–Trinajstić information content (AvgIpc) is 3.02. The van der Waals surface area contributed by atoms with Crippen LogP contribution in [0.5, 0.6) is 0 Å². The van der Waals surface area contributed by atoms with E-state index in [0.29, 0.717) is 13.0 Å². The molecule has 2 heterocycles. The second-order valence-corrected chi connectivity index (χ2v) is 7.55. The summed E-state index contributed by atoms with van der Waals surface area (Å²) < 4.78 is 0. The van der Waals surface area contributed by atoms with Crippen LogP contribution in [-0.4, -0.2) is 60.4 Å². The number of aliphatic hydroxyl groups is 1. The molecule has 7 nitrogen and oxygen atoms in total. The summed E-state index contributed by atoms with van der Waals surface area (Å²) in [5, 5.41) is 16.2. The molecule has 2 atom stereocenters. The zero-order chi connectivity index (χ0) is 19.5. The highest BCUT2D eigenvalue weighted by Crippen LogP contribution is 2.31. The summed E-state index contributed by atoms with van der Waals surface area (Å²) in [6.45, 7) is 4.26. The van der Waals surface area contributed by atoms with Crippen LogP contribution in [0.2, 0.25) is 0 Å². The highest BCUT2D eigenvalue weighted by Gasteiger charge is 2.31. The molecule has 3 N–H and O–H groups in total. The number of nitrogens with zero attached hydrogens (tertiary/aromatic N) is 3. The van der Waals surface area contributed by atoms with E-state index >= 15 is 0 Å². The lowest BCUT2D eigenvalue weighted by Gasteiger charge is -2.34. The number of hydrogen-bond acceptors (Lipinski definition) is 5. The van der Waals surface area contributed by atoms with Gasteiger partial charge in [0, 0.05) is 50.9 Å². The summed E-state index contributed by atoms with van der Waals surface area (Å²) >= 11 is 0. The zero-order valence-corrected chi connectivity index (χ0v) is 16.1. The molecule has 0 saturated carbocycles. The van der Waals surface area contributed by atoms with Crippen LogP contribution in [0.25, 0.3) is 0 Å². The Morgan fingerprint density at radius 1 is 1.18 bits per heavy atom. The maximum atomic E-state index is 12.5. The Hall–Kier alpha value is -2.64. The van der Waals surface area contributed by atoms with Gasteiger partial charge < -0.3 is 25.5 Å². The van der Waals surface area contributed by atoms with Gasteiger partial charge in [0.2, 0.25) is 0 Å². The van der Waals surface area contributed by atoms with Gasteiger partial charge >= 0.3 is 6.03 Å². The van der Waals surface area contributed by atoms with Crippen molar-refractivity contribution in [2.75, 3.05) is 38.1 Å². The lowest BCUT2D eigenvalue weighted by molar-refractivity contribution is 0.142. The summed E-state index contributed by atoms with van der Waals surface area (Å²) in [6, 6.07) is 11.1. The number of piperazine rings is 1. The van der Waals surface area contributed by atoms with Gasteiger partial charge in [-0.1, -0.05) is 30.3 Å². The van der Waals surface area contributed by atoms with E-state index in [1.165, 1.54) is 0 Å². The Labute approximate surface area is 165 Å². The van der Waals surface area contributed by atoms with Crippen molar-refractivity contribution < 1.29 is 9.90 Å². The fraction of sp³-hybridized carbons (Fsp3) is 0.429. The summed E-state index contributed by atoms with van der Waals surface area (Å²) in [7, 11) is 2.12. The molecule has 2 aliphatic rings. The average molecular weight is 381 g/mol. The molecule has 0 radical (unpaired) electrons. The van der Waals surface area contributed by atoms with E-state index in [4.69, 9.17) is 0 Å². The quantitative estimate of drug-likeness (QED) is 0.744. The van der Waals surface area contributed by atoms with Crippen molar-refractivity contribution in [3.05, 3.63) is 59.3 Å². The number of urea groups is 1. The summed E-state index contributed by atoms with van der Waals surface area (Å²) in [5.74, 6) is 0.933. The van der Waals surface area contributed by atoms with E-state index in [0.717, 1.165) is 48.7 Å². The van der Waals surface area contributed by atoms with Crippen molar-refractivity contribution in [1.82, 2.24) is 20.5 Å². The topological polar surface area (TPSA) is 80.7 Å². The standard InChI is InChI=1S/C21H27N5O2/c1-25-9-11-26(12-10-25)20-16(6-4-8-22-20)14-23-21(28)24-19-17-7-3-2-5-15(17)13-18(19)27/h2-8,18-19,27H,9-14H2,1H3,(H2,23,24,28)/t18-,19+/m1/s1. The molecule has 2 amide bonds. The number of nitrogens with one attached hydrogen (secondary N) is 2. The molecule has 2 aromatic rings. The minimum atomic E-state index is -0.595. The zero-order valence-electron chi connectivity index (χ0n) is 16.1. The van der Waals surface area contributed by atoms with E-state index in [2.05, 4.69) is 32.5 Å². The van der Waals surface area contributed by atoms with Gasteiger partial charge in [0.1, 0.15) is 5.82 Å². The normalized spacial score (nSPS) is 22.0. The number of amides is 2. The number of hydrogen-bond donors (Lipinski definition) is 3. The van der Waals surface area contributed by atoms with Gasteiger partial charge in [0.15, 0.2) is 0 Å². The highest BCUT2D eigenvalue weighted by molar-refractivity contribution is 5.75. The lowest BCUT2D eigenvalue weighted by atomic mass is 10.1. The fourth-order valence-corrected chi connectivity index (χ4v) is 3.99. The van der Waals surface area contributed by atoms with Crippen LogP contribution in [0.1, 0.15) is 22.7 Å². The van der Waals surface area contributed by atoms with E-state index in [1.807, 2.05) is 36.4 Å². The van der Waals surface area contributed by atoms with Crippen LogP contribution in [0.3, 0.4) is 0 Å². The van der Waals surface area contributed by atoms with Crippen molar-refractivity contribution in [1.29, 1.82) is 0 Å². The first-order chi connectivity index (χ1) is 13.6. The van der Waals surface area contributed by atoms with Crippen molar-refractivity contribution in [2.45, 2.75) is 25.1 Å².